The van der Waals surface area contributed by atoms with Gasteiger partial charge in [0.2, 0.25) is 0 Å². The Labute approximate surface area is 121 Å². The molecule has 0 radical (unpaired) electrons. The van der Waals surface area contributed by atoms with Crippen molar-refractivity contribution in [2.75, 3.05) is 20.3 Å². The van der Waals surface area contributed by atoms with Crippen molar-refractivity contribution >= 4 is 0 Å². The predicted octanol–water partition coefficient (Wildman–Crippen LogP) is 2.75. The molecule has 0 saturated carbocycles. The largest absolute Gasteiger partial charge is 0.493 e. The molecule has 20 heavy (non-hydrogen) atoms. The second-order valence-corrected chi connectivity index (χ2v) is 5.20. The Kier molecular flexibility index (Phi) is 5.68. The lowest BCUT2D eigenvalue weighted by Gasteiger charge is -2.28. The van der Waals surface area contributed by atoms with Crippen LogP contribution in [0.2, 0.25) is 0 Å². The van der Waals surface area contributed by atoms with Gasteiger partial charge < -0.3 is 19.5 Å². The van der Waals surface area contributed by atoms with Crippen LogP contribution in [0, 0.1) is 0 Å². The van der Waals surface area contributed by atoms with Crippen molar-refractivity contribution in [1.29, 1.82) is 0 Å². The number of nitrogens with one attached hydrogen (secondary N) is 1. The van der Waals surface area contributed by atoms with E-state index in [-0.39, 0.29) is 0 Å². The van der Waals surface area contributed by atoms with Gasteiger partial charge in [0, 0.05) is 19.2 Å². The lowest BCUT2D eigenvalue weighted by atomic mass is 10.0. The fraction of sp³-hybridized carbons (Fsp3) is 0.625. The van der Waals surface area contributed by atoms with E-state index in [1.54, 1.807) is 7.11 Å². The molecule has 2 atom stereocenters. The highest BCUT2D eigenvalue weighted by Gasteiger charge is 2.18. The summed E-state index contributed by atoms with van der Waals surface area (Å²) < 4.78 is 16.5. The van der Waals surface area contributed by atoms with E-state index in [0.29, 0.717) is 18.8 Å². The molecule has 0 aliphatic carbocycles. The first kappa shape index (κ1) is 15.1. The summed E-state index contributed by atoms with van der Waals surface area (Å²) in [7, 11) is 1.68. The molecule has 1 aromatic rings. The molecular weight excluding hydrogens is 254 g/mol. The fourth-order valence-electron chi connectivity index (χ4n) is 2.54. The van der Waals surface area contributed by atoms with E-state index >= 15 is 0 Å². The average molecular weight is 279 g/mol. The van der Waals surface area contributed by atoms with E-state index < -0.39 is 0 Å². The van der Waals surface area contributed by atoms with E-state index in [9.17, 15) is 0 Å². The minimum absolute atomic E-state index is 0.358. The van der Waals surface area contributed by atoms with Crippen molar-refractivity contribution in [1.82, 2.24) is 5.32 Å². The Morgan fingerprint density at radius 3 is 2.90 bits per heavy atom. The summed E-state index contributed by atoms with van der Waals surface area (Å²) in [6, 6.07) is 6.65. The smallest absolute Gasteiger partial charge is 0.161 e. The normalized spacial score (nSPS) is 22.6. The molecule has 1 heterocycles. The third-order valence-electron chi connectivity index (χ3n) is 3.61. The summed E-state index contributed by atoms with van der Waals surface area (Å²) in [4.78, 5) is 0. The number of methoxy groups -OCH3 is 1. The van der Waals surface area contributed by atoms with Crippen LogP contribution in [-0.4, -0.2) is 32.5 Å². The Hall–Kier alpha value is -1.26. The SMILES string of the molecule is CCOc1ccc(CNC2CCOC(C)C2)cc1OC. The van der Waals surface area contributed by atoms with E-state index in [2.05, 4.69) is 18.3 Å². The second kappa shape index (κ2) is 7.50. The van der Waals surface area contributed by atoms with Crippen molar-refractivity contribution in [3.8, 4) is 11.5 Å². The highest BCUT2D eigenvalue weighted by atomic mass is 16.5. The predicted molar refractivity (Wildman–Crippen MR) is 79.4 cm³/mol. The molecule has 1 fully saturated rings. The van der Waals surface area contributed by atoms with Crippen molar-refractivity contribution in [2.45, 2.75) is 45.4 Å². The van der Waals surface area contributed by atoms with Crippen LogP contribution in [0.4, 0.5) is 0 Å². The van der Waals surface area contributed by atoms with Crippen LogP contribution in [-0.2, 0) is 11.3 Å². The zero-order chi connectivity index (χ0) is 14.4. The van der Waals surface area contributed by atoms with Crippen LogP contribution < -0.4 is 14.8 Å². The van der Waals surface area contributed by atoms with Gasteiger partial charge in [0.1, 0.15) is 0 Å². The van der Waals surface area contributed by atoms with Gasteiger partial charge in [-0.1, -0.05) is 6.07 Å². The first-order chi connectivity index (χ1) is 9.72. The van der Waals surface area contributed by atoms with Gasteiger partial charge in [-0.2, -0.15) is 0 Å². The van der Waals surface area contributed by atoms with Gasteiger partial charge in [-0.05, 0) is 44.4 Å². The molecule has 1 saturated heterocycles. The monoisotopic (exact) mass is 279 g/mol. The van der Waals surface area contributed by atoms with Crippen LogP contribution in [0.25, 0.3) is 0 Å². The van der Waals surface area contributed by atoms with E-state index in [1.165, 1.54) is 5.56 Å². The molecule has 1 N–H and O–H groups in total. The molecule has 0 bridgehead atoms. The van der Waals surface area contributed by atoms with Gasteiger partial charge in [-0.15, -0.1) is 0 Å². The first-order valence-electron chi connectivity index (χ1n) is 7.37. The molecule has 0 amide bonds. The molecule has 1 aromatic carbocycles. The van der Waals surface area contributed by atoms with Gasteiger partial charge in [0.05, 0.1) is 19.8 Å². The Morgan fingerprint density at radius 2 is 2.20 bits per heavy atom. The zero-order valence-electron chi connectivity index (χ0n) is 12.6. The molecule has 2 unspecified atom stereocenters. The second-order valence-electron chi connectivity index (χ2n) is 5.20. The highest BCUT2D eigenvalue weighted by Crippen LogP contribution is 2.28. The van der Waals surface area contributed by atoms with Crippen LogP contribution in [0.3, 0.4) is 0 Å². The molecule has 112 valence electrons. The molecule has 0 aromatic heterocycles. The maximum atomic E-state index is 5.56. The van der Waals surface area contributed by atoms with E-state index in [0.717, 1.165) is 37.5 Å². The van der Waals surface area contributed by atoms with E-state index in [4.69, 9.17) is 14.2 Å². The molecular formula is C16H25NO3. The van der Waals surface area contributed by atoms with Gasteiger partial charge in [0.15, 0.2) is 11.5 Å². The zero-order valence-corrected chi connectivity index (χ0v) is 12.6. The number of hydrogen-bond acceptors (Lipinski definition) is 4. The Balaban J connectivity index is 1.92. The van der Waals surface area contributed by atoms with Crippen LogP contribution >= 0.6 is 0 Å². The minimum Gasteiger partial charge on any atom is -0.493 e. The topological polar surface area (TPSA) is 39.7 Å². The lowest BCUT2D eigenvalue weighted by Crippen LogP contribution is -2.37. The van der Waals surface area contributed by atoms with Crippen LogP contribution in [0.5, 0.6) is 11.5 Å². The van der Waals surface area contributed by atoms with Gasteiger partial charge in [-0.25, -0.2) is 0 Å². The van der Waals surface area contributed by atoms with Crippen molar-refractivity contribution in [3.63, 3.8) is 0 Å². The van der Waals surface area contributed by atoms with Crippen molar-refractivity contribution in [3.05, 3.63) is 23.8 Å². The molecule has 1 aliphatic heterocycles. The number of rotatable bonds is 6. The summed E-state index contributed by atoms with van der Waals surface area (Å²) >= 11 is 0. The molecule has 4 heteroatoms. The average Bonchev–Trinajstić information content (AvgIpc) is 2.46. The third kappa shape index (κ3) is 4.12. The molecule has 0 spiro atoms. The number of hydrogen-bond donors (Lipinski definition) is 1. The maximum Gasteiger partial charge on any atom is 0.161 e. The fourth-order valence-corrected chi connectivity index (χ4v) is 2.54. The summed E-state index contributed by atoms with van der Waals surface area (Å²) in [6.07, 6.45) is 2.52. The van der Waals surface area contributed by atoms with Crippen molar-refractivity contribution in [2.24, 2.45) is 0 Å². The van der Waals surface area contributed by atoms with Gasteiger partial charge in [-0.3, -0.25) is 0 Å². The third-order valence-corrected chi connectivity index (χ3v) is 3.61. The Bertz CT molecular complexity index is 422. The lowest BCUT2D eigenvalue weighted by molar-refractivity contribution is 0.0130. The molecule has 4 nitrogen and oxygen atoms in total. The van der Waals surface area contributed by atoms with Crippen LogP contribution in [0.1, 0.15) is 32.3 Å². The number of ether oxygens (including phenoxy) is 3. The maximum absolute atomic E-state index is 5.56. The van der Waals surface area contributed by atoms with Gasteiger partial charge in [0.25, 0.3) is 0 Å². The summed E-state index contributed by atoms with van der Waals surface area (Å²) in [5.74, 6) is 1.60. The van der Waals surface area contributed by atoms with E-state index in [1.807, 2.05) is 19.1 Å². The molecule has 1 aliphatic rings. The molecule has 2 rings (SSSR count). The summed E-state index contributed by atoms with van der Waals surface area (Å²) in [5, 5.41) is 3.59. The van der Waals surface area contributed by atoms with Gasteiger partial charge >= 0.3 is 0 Å². The quantitative estimate of drug-likeness (QED) is 0.869. The summed E-state index contributed by atoms with van der Waals surface area (Å²) in [6.45, 7) is 6.45. The first-order valence-corrected chi connectivity index (χ1v) is 7.37. The summed E-state index contributed by atoms with van der Waals surface area (Å²) in [5.41, 5.74) is 1.21. The number of benzene rings is 1. The highest BCUT2D eigenvalue weighted by molar-refractivity contribution is 5.42. The minimum atomic E-state index is 0.358. The standard InChI is InChI=1S/C16H25NO3/c1-4-19-15-6-5-13(10-16(15)18-3)11-17-14-7-8-20-12(2)9-14/h5-6,10,12,14,17H,4,7-9,11H2,1-3H3. The van der Waals surface area contributed by atoms with Crippen molar-refractivity contribution < 1.29 is 14.2 Å². The van der Waals surface area contributed by atoms with Crippen LogP contribution in [0.15, 0.2) is 18.2 Å². The Morgan fingerprint density at radius 1 is 1.35 bits per heavy atom.